The van der Waals surface area contributed by atoms with Crippen molar-refractivity contribution < 1.29 is 14.3 Å². The minimum absolute atomic E-state index is 0.147. The number of H-pyrrole nitrogens is 2. The van der Waals surface area contributed by atoms with Crippen LogP contribution >= 0.6 is 0 Å². The smallest absolute Gasteiger partial charge is 0.238 e. The van der Waals surface area contributed by atoms with E-state index in [0.717, 1.165) is 6.07 Å². The van der Waals surface area contributed by atoms with E-state index in [0.29, 0.717) is 61.8 Å². The molecule has 5 aromatic heterocycles. The maximum absolute atomic E-state index is 14.0. The Morgan fingerprint density at radius 3 is 2.77 bits per heavy atom. The molecule has 5 heterocycles. The molecule has 0 aliphatic rings. The maximum atomic E-state index is 14.0. The van der Waals surface area contributed by atoms with E-state index in [9.17, 15) is 14.3 Å². The second kappa shape index (κ2) is 9.58. The van der Waals surface area contributed by atoms with Gasteiger partial charge in [0.25, 0.3) is 0 Å². The molecule has 0 fully saturated rings. The Balaban J connectivity index is 1.39. The molecule has 6 rings (SSSR count). The molecule has 0 saturated carbocycles. The Labute approximate surface area is 220 Å². The second-order valence-electron chi connectivity index (χ2n) is 9.25. The van der Waals surface area contributed by atoms with Crippen LogP contribution in [0, 0.1) is 5.82 Å². The quantitative estimate of drug-likeness (QED) is 0.256. The molecule has 1 aromatic carbocycles. The Hall–Kier alpha value is -5.23. The van der Waals surface area contributed by atoms with Crippen molar-refractivity contribution in [2.45, 2.75) is 0 Å². The first-order valence-electron chi connectivity index (χ1n) is 11.9. The average molecular weight is 524 g/mol. The van der Waals surface area contributed by atoms with Gasteiger partial charge in [0.1, 0.15) is 17.1 Å². The van der Waals surface area contributed by atoms with Crippen LogP contribution in [0.5, 0.6) is 5.75 Å². The van der Waals surface area contributed by atoms with Gasteiger partial charge in [0.05, 0.1) is 35.2 Å². The van der Waals surface area contributed by atoms with Crippen LogP contribution < -0.4 is 5.32 Å². The minimum Gasteiger partial charge on any atom is -0.508 e. The summed E-state index contributed by atoms with van der Waals surface area (Å²) in [5, 5.41) is 20.1. The Morgan fingerprint density at radius 2 is 1.95 bits per heavy atom. The van der Waals surface area contributed by atoms with Gasteiger partial charge in [-0.05, 0) is 56.1 Å². The molecule has 0 aliphatic heterocycles. The predicted octanol–water partition coefficient (Wildman–Crippen LogP) is 3.97. The molecule has 0 bridgehead atoms. The number of fused-ring (bicyclic) bond motifs is 2. The summed E-state index contributed by atoms with van der Waals surface area (Å²) in [6, 6.07) is 11.1. The highest BCUT2D eigenvalue weighted by Gasteiger charge is 2.18. The number of benzene rings is 1. The van der Waals surface area contributed by atoms with Crippen LogP contribution in [0.4, 0.5) is 10.1 Å². The number of likely N-dealkylation sites (N-methyl/N-ethyl adjacent to an activating group) is 1. The number of aromatic hydroxyl groups is 1. The largest absolute Gasteiger partial charge is 0.508 e. The maximum Gasteiger partial charge on any atom is 0.238 e. The summed E-state index contributed by atoms with van der Waals surface area (Å²) in [7, 11) is 3.64. The fourth-order valence-electron chi connectivity index (χ4n) is 4.35. The third kappa shape index (κ3) is 4.76. The van der Waals surface area contributed by atoms with Gasteiger partial charge in [-0.2, -0.15) is 5.10 Å². The number of imidazole rings is 1. The summed E-state index contributed by atoms with van der Waals surface area (Å²) in [5.74, 6) is -0.462. The molecule has 6 aromatic rings. The van der Waals surface area contributed by atoms with E-state index in [4.69, 9.17) is 4.98 Å². The molecular weight excluding hydrogens is 501 g/mol. The number of nitrogens with one attached hydrogen (secondary N) is 3. The van der Waals surface area contributed by atoms with E-state index in [-0.39, 0.29) is 18.2 Å². The van der Waals surface area contributed by atoms with E-state index >= 15 is 0 Å². The number of phenolic OH excluding ortho intramolecular Hbond substituents is 1. The number of halogens is 1. The van der Waals surface area contributed by atoms with Crippen LogP contribution in [0.15, 0.2) is 61.1 Å². The van der Waals surface area contributed by atoms with Gasteiger partial charge in [-0.3, -0.25) is 14.9 Å². The van der Waals surface area contributed by atoms with Crippen LogP contribution in [0.3, 0.4) is 0 Å². The van der Waals surface area contributed by atoms with Gasteiger partial charge < -0.3 is 20.3 Å². The molecule has 12 heteroatoms. The van der Waals surface area contributed by atoms with E-state index in [1.807, 2.05) is 26.2 Å². The Bertz CT molecular complexity index is 1840. The minimum atomic E-state index is -0.555. The number of rotatable bonds is 6. The summed E-state index contributed by atoms with van der Waals surface area (Å²) in [4.78, 5) is 35.2. The standard InChI is InChI=1S/C27H22FN9O2/c1-37(2)13-22(39)31-17-8-15(11-29-12-17)20-3-4-21-24(32-20)25(36-35-21)27-33-23-19(5-6-30-26(23)34-27)14-7-16(28)10-18(38)9-14/h3-12,38H,13H2,1-2H3,(H,31,39)(H,35,36)(H,30,33,34). The molecule has 0 atom stereocenters. The van der Waals surface area contributed by atoms with E-state index in [1.54, 1.807) is 35.6 Å². The molecule has 0 spiro atoms. The van der Waals surface area contributed by atoms with Gasteiger partial charge in [0, 0.05) is 29.6 Å². The van der Waals surface area contributed by atoms with E-state index < -0.39 is 5.82 Å². The number of pyridine rings is 3. The van der Waals surface area contributed by atoms with Crippen molar-refractivity contribution in [1.82, 2.24) is 40.0 Å². The van der Waals surface area contributed by atoms with Crippen LogP contribution in [0.25, 0.3) is 56.1 Å². The van der Waals surface area contributed by atoms with Crippen molar-refractivity contribution in [2.24, 2.45) is 0 Å². The van der Waals surface area contributed by atoms with Crippen molar-refractivity contribution in [3.63, 3.8) is 0 Å². The third-order valence-corrected chi connectivity index (χ3v) is 6.00. The topological polar surface area (TPSA) is 149 Å². The van der Waals surface area contributed by atoms with Crippen molar-refractivity contribution in [3.05, 3.63) is 66.9 Å². The van der Waals surface area contributed by atoms with Gasteiger partial charge in [-0.1, -0.05) is 0 Å². The molecule has 0 unspecified atom stereocenters. The highest BCUT2D eigenvalue weighted by molar-refractivity contribution is 5.95. The highest BCUT2D eigenvalue weighted by Crippen LogP contribution is 2.32. The molecule has 0 radical (unpaired) electrons. The molecule has 11 nitrogen and oxygen atoms in total. The lowest BCUT2D eigenvalue weighted by Gasteiger charge is -2.10. The van der Waals surface area contributed by atoms with Gasteiger partial charge in [0.2, 0.25) is 5.91 Å². The number of nitrogens with zero attached hydrogens (tertiary/aromatic N) is 6. The van der Waals surface area contributed by atoms with Gasteiger partial charge in [0.15, 0.2) is 17.2 Å². The molecule has 194 valence electrons. The van der Waals surface area contributed by atoms with E-state index in [1.165, 1.54) is 12.1 Å². The Kier molecular flexibility index (Phi) is 5.92. The van der Waals surface area contributed by atoms with Crippen molar-refractivity contribution >= 4 is 33.8 Å². The van der Waals surface area contributed by atoms with Crippen LogP contribution in [0.1, 0.15) is 0 Å². The normalized spacial score (nSPS) is 11.5. The zero-order valence-electron chi connectivity index (χ0n) is 20.9. The van der Waals surface area contributed by atoms with Crippen LogP contribution in [-0.4, -0.2) is 71.7 Å². The number of hydrogen-bond acceptors (Lipinski definition) is 8. The number of aromatic nitrogens is 7. The predicted molar refractivity (Wildman–Crippen MR) is 144 cm³/mol. The molecule has 0 aliphatic carbocycles. The lowest BCUT2D eigenvalue weighted by molar-refractivity contribution is -0.116. The summed E-state index contributed by atoms with van der Waals surface area (Å²) >= 11 is 0. The first kappa shape index (κ1) is 24.1. The van der Waals surface area contributed by atoms with E-state index in [2.05, 4.69) is 35.5 Å². The number of amides is 1. The molecule has 4 N–H and O–H groups in total. The van der Waals surface area contributed by atoms with Crippen LogP contribution in [-0.2, 0) is 4.79 Å². The summed E-state index contributed by atoms with van der Waals surface area (Å²) in [5.41, 5.74) is 5.72. The fourth-order valence-corrected chi connectivity index (χ4v) is 4.35. The SMILES string of the molecule is CN(C)CC(=O)Nc1cncc(-c2ccc3[nH]nc(-c4nc5nccc(-c6cc(O)cc(F)c6)c5[nH]4)c3n2)c1. The fraction of sp³-hybridized carbons (Fsp3) is 0.111. The van der Waals surface area contributed by atoms with Crippen molar-refractivity contribution in [3.8, 4) is 39.7 Å². The van der Waals surface area contributed by atoms with Gasteiger partial charge >= 0.3 is 0 Å². The Morgan fingerprint density at radius 1 is 1.08 bits per heavy atom. The molecular formula is C27H22FN9O2. The molecule has 0 saturated heterocycles. The monoisotopic (exact) mass is 523 g/mol. The van der Waals surface area contributed by atoms with Gasteiger partial charge in [-0.15, -0.1) is 0 Å². The zero-order chi connectivity index (χ0) is 27.1. The third-order valence-electron chi connectivity index (χ3n) is 6.00. The summed E-state index contributed by atoms with van der Waals surface area (Å²) < 4.78 is 14.0. The number of hydrogen-bond donors (Lipinski definition) is 4. The number of anilines is 1. The van der Waals surface area contributed by atoms with Crippen molar-refractivity contribution in [1.29, 1.82) is 0 Å². The van der Waals surface area contributed by atoms with Crippen LogP contribution in [0.2, 0.25) is 0 Å². The number of aromatic amines is 2. The van der Waals surface area contributed by atoms with Gasteiger partial charge in [-0.25, -0.2) is 19.3 Å². The molecule has 39 heavy (non-hydrogen) atoms. The van der Waals surface area contributed by atoms with Crippen molar-refractivity contribution in [2.75, 3.05) is 26.0 Å². The zero-order valence-corrected chi connectivity index (χ0v) is 20.9. The molecule has 1 amide bonds. The lowest BCUT2D eigenvalue weighted by Crippen LogP contribution is -2.27. The number of carbonyl (C=O) groups excluding carboxylic acids is 1. The first-order chi connectivity index (χ1) is 18.8. The summed E-state index contributed by atoms with van der Waals surface area (Å²) in [6.07, 6.45) is 4.82. The summed E-state index contributed by atoms with van der Waals surface area (Å²) in [6.45, 7) is 0.251. The lowest BCUT2D eigenvalue weighted by atomic mass is 10.1. The average Bonchev–Trinajstić information content (AvgIpc) is 3.51. The second-order valence-corrected chi connectivity index (χ2v) is 9.25. The first-order valence-corrected chi connectivity index (χ1v) is 11.9. The highest BCUT2D eigenvalue weighted by atomic mass is 19.1. The number of carbonyl (C=O) groups is 1. The number of phenols is 1.